The van der Waals surface area contributed by atoms with Crippen LogP contribution in [0.25, 0.3) is 0 Å². The molecule has 0 amide bonds. The zero-order valence-electron chi connectivity index (χ0n) is 30.7. The first kappa shape index (κ1) is 32.9. The Bertz CT molecular complexity index is 1320. The number of hydrogen-bond donors (Lipinski definition) is 0. The summed E-state index contributed by atoms with van der Waals surface area (Å²) in [6, 6.07) is 0. The third-order valence-electron chi connectivity index (χ3n) is 16.5. The molecule has 0 heterocycles. The van der Waals surface area contributed by atoms with Gasteiger partial charge in [0.25, 0.3) is 6.47 Å². The Labute approximate surface area is 280 Å². The molecule has 0 bridgehead atoms. The summed E-state index contributed by atoms with van der Waals surface area (Å²) in [4.78, 5) is 26.0. The third kappa shape index (κ3) is 4.34. The van der Waals surface area contributed by atoms with Crippen LogP contribution in [0.4, 0.5) is 0 Å². The number of esters is 1. The van der Waals surface area contributed by atoms with Crippen molar-refractivity contribution in [1.29, 1.82) is 0 Å². The topological polar surface area (TPSA) is 52.6 Å². The Hall–Kier alpha value is -1.58. The largest absolute Gasteiger partial charge is 0.466 e. The fourth-order valence-electron chi connectivity index (χ4n) is 14.8. The van der Waals surface area contributed by atoms with Crippen LogP contribution < -0.4 is 0 Å². The van der Waals surface area contributed by atoms with Crippen molar-refractivity contribution in [2.45, 2.75) is 145 Å². The molecule has 4 nitrogen and oxygen atoms in total. The summed E-state index contributed by atoms with van der Waals surface area (Å²) in [5, 5.41) is 0. The van der Waals surface area contributed by atoms with Gasteiger partial charge in [-0.1, -0.05) is 70.3 Å². The van der Waals surface area contributed by atoms with Gasteiger partial charge in [0.05, 0.1) is 12.0 Å². The molecule has 7 aliphatic rings. The second-order valence-corrected chi connectivity index (χ2v) is 18.8. The maximum atomic E-state index is 13.9. The highest BCUT2D eigenvalue weighted by molar-refractivity contribution is 5.77. The van der Waals surface area contributed by atoms with E-state index >= 15 is 0 Å². The molecule has 46 heavy (non-hydrogen) atoms. The van der Waals surface area contributed by atoms with Crippen molar-refractivity contribution < 1.29 is 19.1 Å². The lowest BCUT2D eigenvalue weighted by atomic mass is 9.34. The van der Waals surface area contributed by atoms with E-state index in [9.17, 15) is 9.59 Å². The number of carbonyl (C=O) groups excluding carboxylic acids is 2. The van der Waals surface area contributed by atoms with E-state index in [0.717, 1.165) is 38.6 Å². The maximum Gasteiger partial charge on any atom is 0.312 e. The Balaban J connectivity index is 1.45. The highest BCUT2D eigenvalue weighted by Crippen LogP contribution is 2.75. The lowest BCUT2D eigenvalue weighted by molar-refractivity contribution is -0.195. The first-order valence-electron chi connectivity index (χ1n) is 19.5. The van der Waals surface area contributed by atoms with Crippen molar-refractivity contribution in [2.24, 2.45) is 75.4 Å². The highest BCUT2D eigenvalue weighted by Gasteiger charge is 2.69. The Morgan fingerprint density at radius 3 is 1.78 bits per heavy atom. The molecule has 0 aromatic rings. The van der Waals surface area contributed by atoms with E-state index in [1.165, 1.54) is 44.9 Å². The lowest BCUT2D eigenvalue weighted by Crippen LogP contribution is -2.65. The van der Waals surface area contributed by atoms with E-state index in [4.69, 9.17) is 9.47 Å². The number of hydrogen-bond acceptors (Lipinski definition) is 4. The van der Waals surface area contributed by atoms with E-state index in [2.05, 4.69) is 55.4 Å². The molecule has 0 saturated heterocycles. The molecule has 0 N–H and O–H groups in total. The Morgan fingerprint density at radius 2 is 1.28 bits per heavy atom. The smallest absolute Gasteiger partial charge is 0.312 e. The summed E-state index contributed by atoms with van der Waals surface area (Å²) in [5.74, 6) is 5.48. The monoisotopic (exact) mass is 632 g/mol. The van der Waals surface area contributed by atoms with Gasteiger partial charge < -0.3 is 9.47 Å². The van der Waals surface area contributed by atoms with E-state index in [-0.39, 0.29) is 22.4 Å². The van der Waals surface area contributed by atoms with E-state index in [0.29, 0.717) is 65.8 Å². The van der Waals surface area contributed by atoms with Crippen molar-refractivity contribution in [2.75, 3.05) is 6.61 Å². The SMILES string of the molecule is CCOC(=O)C1(C)CCCC2(C)C3CCC(C(C)C)=C4C5CC6C(C)(OC=O)CCCC6(C)C6CCC(C(C)C)=C(C(CC12)C43)C56. The van der Waals surface area contributed by atoms with Gasteiger partial charge >= 0.3 is 5.97 Å². The number of carbonyl (C=O) groups is 2. The van der Waals surface area contributed by atoms with Crippen LogP contribution in [-0.2, 0) is 19.1 Å². The molecule has 4 heteroatoms. The minimum Gasteiger partial charge on any atom is -0.466 e. The molecule has 5 saturated carbocycles. The van der Waals surface area contributed by atoms with E-state index in [1.807, 2.05) is 18.1 Å². The maximum absolute atomic E-state index is 13.9. The van der Waals surface area contributed by atoms with E-state index in [1.54, 1.807) is 11.1 Å². The fourth-order valence-corrected chi connectivity index (χ4v) is 14.8. The van der Waals surface area contributed by atoms with Crippen LogP contribution in [-0.4, -0.2) is 24.6 Å². The van der Waals surface area contributed by atoms with Crippen molar-refractivity contribution in [1.82, 2.24) is 0 Å². The molecule has 7 aliphatic carbocycles. The first-order chi connectivity index (χ1) is 21.8. The quantitative estimate of drug-likeness (QED) is 0.166. The summed E-state index contributed by atoms with van der Waals surface area (Å²) < 4.78 is 12.1. The second kappa shape index (κ2) is 11.2. The number of fused-ring (bicyclic) bond motifs is 6. The summed E-state index contributed by atoms with van der Waals surface area (Å²) in [6.07, 6.45) is 14.0. The summed E-state index contributed by atoms with van der Waals surface area (Å²) >= 11 is 0. The molecule has 0 radical (unpaired) electrons. The summed E-state index contributed by atoms with van der Waals surface area (Å²) in [6.45, 7) is 22.8. The van der Waals surface area contributed by atoms with Crippen LogP contribution in [0, 0.1) is 75.4 Å². The number of allylic oxidation sites excluding steroid dienone is 4. The van der Waals surface area contributed by atoms with E-state index < -0.39 is 5.41 Å². The minimum atomic E-state index is -0.402. The molecule has 0 aliphatic heterocycles. The van der Waals surface area contributed by atoms with Gasteiger partial charge in [0.2, 0.25) is 0 Å². The van der Waals surface area contributed by atoms with Crippen LogP contribution >= 0.6 is 0 Å². The molecule has 7 rings (SSSR count). The fraction of sp³-hybridized carbons (Fsp3) is 0.857. The number of rotatable bonds is 6. The van der Waals surface area contributed by atoms with Crippen LogP contribution in [0.1, 0.15) is 139 Å². The lowest BCUT2D eigenvalue weighted by Gasteiger charge is -2.70. The molecule has 0 aromatic heterocycles. The van der Waals surface area contributed by atoms with Crippen LogP contribution in [0.2, 0.25) is 0 Å². The van der Waals surface area contributed by atoms with Gasteiger partial charge in [0, 0.05) is 5.92 Å². The highest BCUT2D eigenvalue weighted by atomic mass is 16.5. The molecule has 0 aromatic carbocycles. The van der Waals surface area contributed by atoms with Crippen molar-refractivity contribution in [3.8, 4) is 0 Å². The van der Waals surface area contributed by atoms with Crippen molar-refractivity contribution in [3.05, 3.63) is 22.3 Å². The average molecular weight is 633 g/mol. The standard InChI is InChI=1S/C42H64O4/c1-10-45-38(44)41(8)19-11-17-39(6)30-15-13-27(25(4)5)35-29-22-33-40(7,18-12-20-42(33,9)46-23-43)31-16-14-26(24(2)3)34(37(29)31)28(36(30)35)21-32(39)41/h23-25,28-33,36-37H,10-22H2,1-9H3. The first-order valence-corrected chi connectivity index (χ1v) is 19.5. The van der Waals surface area contributed by atoms with Crippen LogP contribution in [0.5, 0.6) is 0 Å². The Morgan fingerprint density at radius 1 is 0.783 bits per heavy atom. The van der Waals surface area contributed by atoms with Crippen molar-refractivity contribution >= 4 is 12.4 Å². The normalized spacial score (nSPS) is 47.9. The average Bonchev–Trinajstić information content (AvgIpc) is 3.00. The zero-order chi connectivity index (χ0) is 33.0. The third-order valence-corrected chi connectivity index (χ3v) is 16.5. The molecule has 12 unspecified atom stereocenters. The minimum absolute atomic E-state index is 0.0665. The molecule has 0 spiro atoms. The molecule has 12 atom stereocenters. The van der Waals surface area contributed by atoms with Gasteiger partial charge in [-0.15, -0.1) is 0 Å². The second-order valence-electron chi connectivity index (χ2n) is 18.8. The summed E-state index contributed by atoms with van der Waals surface area (Å²) in [5.41, 5.74) is 6.82. The molecular weight excluding hydrogens is 568 g/mol. The molecule has 5 fully saturated rings. The molecule has 256 valence electrons. The number of ether oxygens (including phenoxy) is 2. The summed E-state index contributed by atoms with van der Waals surface area (Å²) in [7, 11) is 0. The van der Waals surface area contributed by atoms with Gasteiger partial charge in [-0.25, -0.2) is 0 Å². The van der Waals surface area contributed by atoms with Gasteiger partial charge in [0.15, 0.2) is 0 Å². The van der Waals surface area contributed by atoms with Gasteiger partial charge in [-0.05, 0) is 155 Å². The van der Waals surface area contributed by atoms with Gasteiger partial charge in [-0.3, -0.25) is 9.59 Å². The molecular formula is C42H64O4. The zero-order valence-corrected chi connectivity index (χ0v) is 30.7. The van der Waals surface area contributed by atoms with Gasteiger partial charge in [0.1, 0.15) is 5.60 Å². The predicted octanol–water partition coefficient (Wildman–Crippen LogP) is 10.1. The predicted molar refractivity (Wildman–Crippen MR) is 184 cm³/mol. The Kier molecular flexibility index (Phi) is 8.04. The van der Waals surface area contributed by atoms with Crippen LogP contribution in [0.3, 0.4) is 0 Å². The van der Waals surface area contributed by atoms with Crippen LogP contribution in [0.15, 0.2) is 22.3 Å². The van der Waals surface area contributed by atoms with Crippen molar-refractivity contribution in [3.63, 3.8) is 0 Å². The van der Waals surface area contributed by atoms with Gasteiger partial charge in [-0.2, -0.15) is 0 Å².